The van der Waals surface area contributed by atoms with Gasteiger partial charge in [0.1, 0.15) is 12.3 Å². The highest BCUT2D eigenvalue weighted by atomic mass is 16.5. The smallest absolute Gasteiger partial charge is 0.258 e. The molecule has 0 atom stereocenters. The van der Waals surface area contributed by atoms with Gasteiger partial charge in [0.15, 0.2) is 6.61 Å². The molecule has 0 bridgehead atoms. The third kappa shape index (κ3) is 6.39. The number of rotatable bonds is 9. The Bertz CT molecular complexity index is 774. The Kier molecular flexibility index (Phi) is 7.44. The van der Waals surface area contributed by atoms with Gasteiger partial charge in [-0.15, -0.1) is 0 Å². The van der Waals surface area contributed by atoms with Crippen LogP contribution in [0.3, 0.4) is 0 Å². The number of nitrogens with one attached hydrogen (secondary N) is 3. The Balaban J connectivity index is 1.39. The van der Waals surface area contributed by atoms with Gasteiger partial charge in [0, 0.05) is 24.9 Å². The second kappa shape index (κ2) is 10.5. The molecule has 1 saturated heterocycles. The van der Waals surface area contributed by atoms with Crippen LogP contribution >= 0.6 is 0 Å². The van der Waals surface area contributed by atoms with Crippen LogP contribution in [0.2, 0.25) is 0 Å². The van der Waals surface area contributed by atoms with E-state index in [1.165, 1.54) is 31.5 Å². The maximum Gasteiger partial charge on any atom is 0.258 e. The van der Waals surface area contributed by atoms with Gasteiger partial charge in [-0.2, -0.15) is 0 Å². The molecule has 6 nitrogen and oxygen atoms in total. The van der Waals surface area contributed by atoms with Crippen LogP contribution < -0.4 is 20.3 Å². The number of quaternary nitrogens is 1. The maximum atomic E-state index is 12.1. The Labute approximate surface area is 165 Å². The standard InChI is InChI=1S/C22H27N3O3/c26-21(15-24-22(27)17-28-20-10-2-1-3-11-20)23-14-18-8-4-5-9-19(18)16-25-12-6-7-13-25/h1-5,8-11H,6-7,12-17H2,(H,23,26)(H,24,27)/p+1. The number of para-hydroxylation sites is 1. The molecule has 0 unspecified atom stereocenters. The summed E-state index contributed by atoms with van der Waals surface area (Å²) in [6.07, 6.45) is 2.59. The Hall–Kier alpha value is -2.86. The van der Waals surface area contributed by atoms with Crippen molar-refractivity contribution in [3.8, 4) is 5.75 Å². The Morgan fingerprint density at radius 2 is 1.54 bits per heavy atom. The molecule has 0 aromatic heterocycles. The number of carbonyl (C=O) groups excluding carboxylic acids is 2. The molecule has 1 aliphatic heterocycles. The van der Waals surface area contributed by atoms with Crippen molar-refractivity contribution in [2.75, 3.05) is 26.2 Å². The molecule has 0 spiro atoms. The van der Waals surface area contributed by atoms with Gasteiger partial charge in [0.2, 0.25) is 5.91 Å². The first kappa shape index (κ1) is 19.9. The summed E-state index contributed by atoms with van der Waals surface area (Å²) >= 11 is 0. The van der Waals surface area contributed by atoms with Gasteiger partial charge in [-0.1, -0.05) is 42.5 Å². The molecule has 3 N–H and O–H groups in total. The SMILES string of the molecule is O=C(CNC(=O)COc1ccccc1)NCc1ccccc1C[NH+]1CCCC1. The van der Waals surface area contributed by atoms with E-state index in [2.05, 4.69) is 22.8 Å². The summed E-state index contributed by atoms with van der Waals surface area (Å²) in [5.41, 5.74) is 2.41. The molecule has 3 rings (SSSR count). The van der Waals surface area contributed by atoms with E-state index < -0.39 is 0 Å². The second-order valence-electron chi connectivity index (χ2n) is 7.06. The number of carbonyl (C=O) groups is 2. The molecule has 2 amide bonds. The van der Waals surface area contributed by atoms with Crippen LogP contribution in [0.5, 0.6) is 5.75 Å². The van der Waals surface area contributed by atoms with Crippen LogP contribution in [-0.4, -0.2) is 38.1 Å². The van der Waals surface area contributed by atoms with Crippen molar-refractivity contribution in [2.24, 2.45) is 0 Å². The first-order valence-corrected chi connectivity index (χ1v) is 9.82. The number of hydrogen-bond donors (Lipinski definition) is 3. The highest BCUT2D eigenvalue weighted by Gasteiger charge is 2.17. The monoisotopic (exact) mass is 382 g/mol. The lowest BCUT2D eigenvalue weighted by Crippen LogP contribution is -3.08. The summed E-state index contributed by atoms with van der Waals surface area (Å²) < 4.78 is 5.36. The molecular weight excluding hydrogens is 354 g/mol. The fourth-order valence-electron chi connectivity index (χ4n) is 3.38. The number of hydrogen-bond acceptors (Lipinski definition) is 3. The highest BCUT2D eigenvalue weighted by molar-refractivity contribution is 5.85. The van der Waals surface area contributed by atoms with Crippen molar-refractivity contribution in [1.29, 1.82) is 0 Å². The lowest BCUT2D eigenvalue weighted by atomic mass is 10.1. The van der Waals surface area contributed by atoms with Gasteiger partial charge in [-0.25, -0.2) is 0 Å². The van der Waals surface area contributed by atoms with E-state index in [1.54, 1.807) is 17.0 Å². The van der Waals surface area contributed by atoms with Crippen molar-refractivity contribution < 1.29 is 19.2 Å². The van der Waals surface area contributed by atoms with E-state index in [4.69, 9.17) is 4.74 Å². The van der Waals surface area contributed by atoms with Gasteiger partial charge in [0.05, 0.1) is 19.6 Å². The zero-order chi connectivity index (χ0) is 19.6. The van der Waals surface area contributed by atoms with Gasteiger partial charge in [-0.3, -0.25) is 9.59 Å². The summed E-state index contributed by atoms with van der Waals surface area (Å²) in [5, 5.41) is 5.47. The highest BCUT2D eigenvalue weighted by Crippen LogP contribution is 2.08. The van der Waals surface area contributed by atoms with Crippen LogP contribution in [0.15, 0.2) is 54.6 Å². The minimum Gasteiger partial charge on any atom is -0.484 e. The Morgan fingerprint density at radius 1 is 0.857 bits per heavy atom. The van der Waals surface area contributed by atoms with Crippen LogP contribution in [0.1, 0.15) is 24.0 Å². The molecule has 0 saturated carbocycles. The molecule has 2 aromatic rings. The Morgan fingerprint density at radius 3 is 2.29 bits per heavy atom. The zero-order valence-corrected chi connectivity index (χ0v) is 16.1. The third-order valence-corrected chi connectivity index (χ3v) is 4.90. The molecule has 1 fully saturated rings. The average Bonchev–Trinajstić information content (AvgIpc) is 3.24. The minimum atomic E-state index is -0.322. The van der Waals surface area contributed by atoms with Gasteiger partial charge >= 0.3 is 0 Å². The number of amides is 2. The van der Waals surface area contributed by atoms with Crippen LogP contribution in [0.4, 0.5) is 0 Å². The molecular formula is C22H28N3O3+. The first-order valence-electron chi connectivity index (χ1n) is 9.82. The third-order valence-electron chi connectivity index (χ3n) is 4.90. The lowest BCUT2D eigenvalue weighted by Gasteiger charge is -2.15. The largest absolute Gasteiger partial charge is 0.484 e. The number of ether oxygens (including phenoxy) is 1. The van der Waals surface area contributed by atoms with Gasteiger partial charge < -0.3 is 20.3 Å². The van der Waals surface area contributed by atoms with Crippen molar-refractivity contribution in [3.05, 3.63) is 65.7 Å². The van der Waals surface area contributed by atoms with Crippen molar-refractivity contribution in [1.82, 2.24) is 10.6 Å². The predicted octanol–water partition coefficient (Wildman–Crippen LogP) is 0.677. The van der Waals surface area contributed by atoms with Crippen molar-refractivity contribution in [2.45, 2.75) is 25.9 Å². The lowest BCUT2D eigenvalue weighted by molar-refractivity contribution is -0.901. The summed E-state index contributed by atoms with van der Waals surface area (Å²) in [4.78, 5) is 25.5. The fourth-order valence-corrected chi connectivity index (χ4v) is 3.38. The molecule has 1 aliphatic rings. The van der Waals surface area contributed by atoms with Crippen LogP contribution in [0.25, 0.3) is 0 Å². The molecule has 1 heterocycles. The predicted molar refractivity (Wildman–Crippen MR) is 107 cm³/mol. The second-order valence-corrected chi connectivity index (χ2v) is 7.06. The molecule has 0 aliphatic carbocycles. The molecule has 0 radical (unpaired) electrons. The van der Waals surface area contributed by atoms with E-state index in [9.17, 15) is 9.59 Å². The zero-order valence-electron chi connectivity index (χ0n) is 16.1. The summed E-state index contributed by atoms with van der Waals surface area (Å²) in [7, 11) is 0. The van der Waals surface area contributed by atoms with E-state index in [0.717, 1.165) is 12.1 Å². The quantitative estimate of drug-likeness (QED) is 0.597. The van der Waals surface area contributed by atoms with Crippen LogP contribution in [0, 0.1) is 0 Å². The van der Waals surface area contributed by atoms with Crippen molar-refractivity contribution in [3.63, 3.8) is 0 Å². The van der Waals surface area contributed by atoms with Gasteiger partial charge in [-0.05, 0) is 17.7 Å². The number of benzene rings is 2. The first-order chi connectivity index (χ1) is 13.7. The summed E-state index contributed by atoms with van der Waals surface area (Å²) in [6, 6.07) is 17.3. The molecule has 28 heavy (non-hydrogen) atoms. The van der Waals surface area contributed by atoms with E-state index in [1.807, 2.05) is 30.3 Å². The summed E-state index contributed by atoms with van der Waals surface area (Å²) in [5.74, 6) is 0.0901. The fraction of sp³-hybridized carbons (Fsp3) is 0.364. The van der Waals surface area contributed by atoms with Crippen molar-refractivity contribution >= 4 is 11.8 Å². The summed E-state index contributed by atoms with van der Waals surface area (Å²) in [6.45, 7) is 3.74. The molecule has 2 aromatic carbocycles. The topological polar surface area (TPSA) is 71.9 Å². The number of likely N-dealkylation sites (tertiary alicyclic amines) is 1. The normalized spacial score (nSPS) is 13.9. The average molecular weight is 382 g/mol. The van der Waals surface area contributed by atoms with E-state index in [-0.39, 0.29) is 25.0 Å². The van der Waals surface area contributed by atoms with E-state index >= 15 is 0 Å². The van der Waals surface area contributed by atoms with Gasteiger partial charge in [0.25, 0.3) is 5.91 Å². The van der Waals surface area contributed by atoms with Crippen LogP contribution in [-0.2, 0) is 22.7 Å². The minimum absolute atomic E-state index is 0.0590. The maximum absolute atomic E-state index is 12.1. The molecule has 148 valence electrons. The van der Waals surface area contributed by atoms with E-state index in [0.29, 0.717) is 12.3 Å². The molecule has 6 heteroatoms.